The molecule has 0 bridgehead atoms. The van der Waals surface area contributed by atoms with Crippen LogP contribution >= 0.6 is 23.2 Å². The van der Waals surface area contributed by atoms with Crippen molar-refractivity contribution in [1.29, 1.82) is 0 Å². The van der Waals surface area contributed by atoms with Crippen LogP contribution in [0.15, 0.2) is 18.2 Å². The molecule has 0 aliphatic heterocycles. The van der Waals surface area contributed by atoms with Gasteiger partial charge in [0.2, 0.25) is 0 Å². The van der Waals surface area contributed by atoms with E-state index in [1.807, 2.05) is 0 Å². The van der Waals surface area contributed by atoms with E-state index in [0.29, 0.717) is 28.4 Å². The molecular weight excluding hydrogens is 309 g/mol. The Morgan fingerprint density at radius 2 is 1.90 bits per heavy atom. The van der Waals surface area contributed by atoms with E-state index in [9.17, 15) is 5.11 Å². The molecule has 0 aliphatic carbocycles. The molecule has 2 unspecified atom stereocenters. The third-order valence-electron chi connectivity index (χ3n) is 3.28. The van der Waals surface area contributed by atoms with E-state index >= 15 is 0 Å². The van der Waals surface area contributed by atoms with E-state index in [1.165, 1.54) is 19.3 Å². The summed E-state index contributed by atoms with van der Waals surface area (Å²) in [5.41, 5.74) is 0. The van der Waals surface area contributed by atoms with Gasteiger partial charge in [-0.05, 0) is 25.5 Å². The average Bonchev–Trinajstić information content (AvgIpc) is 2.45. The second-order valence-corrected chi connectivity index (χ2v) is 6.14. The molecule has 0 heterocycles. The van der Waals surface area contributed by atoms with E-state index in [-0.39, 0.29) is 6.61 Å². The molecule has 1 rings (SSSR count). The summed E-state index contributed by atoms with van der Waals surface area (Å²) in [7, 11) is 0. The van der Waals surface area contributed by atoms with Crippen molar-refractivity contribution in [2.45, 2.75) is 51.7 Å². The zero-order valence-corrected chi connectivity index (χ0v) is 14.3. The van der Waals surface area contributed by atoms with Gasteiger partial charge in [-0.15, -0.1) is 0 Å². The average molecular weight is 334 g/mol. The highest BCUT2D eigenvalue weighted by Crippen LogP contribution is 2.32. The number of unbranched alkanes of at least 4 members (excludes halogenated alkanes) is 2. The van der Waals surface area contributed by atoms with Crippen LogP contribution < -0.4 is 10.1 Å². The number of halogens is 2. The Morgan fingerprint density at radius 1 is 1.24 bits per heavy atom. The van der Waals surface area contributed by atoms with Crippen LogP contribution in [0, 0.1) is 0 Å². The molecule has 0 spiro atoms. The van der Waals surface area contributed by atoms with Gasteiger partial charge in [-0.2, -0.15) is 0 Å². The van der Waals surface area contributed by atoms with Crippen molar-refractivity contribution in [3.8, 4) is 5.75 Å². The van der Waals surface area contributed by atoms with Crippen LogP contribution in [0.3, 0.4) is 0 Å². The molecule has 0 aliphatic rings. The van der Waals surface area contributed by atoms with Gasteiger partial charge in [0.15, 0.2) is 5.75 Å². The first-order valence-corrected chi connectivity index (χ1v) is 8.28. The molecular formula is C16H25Cl2NO2. The van der Waals surface area contributed by atoms with Crippen molar-refractivity contribution >= 4 is 23.2 Å². The molecule has 2 atom stereocenters. The number of aliphatic hydroxyl groups is 1. The Kier molecular flexibility index (Phi) is 9.09. The van der Waals surface area contributed by atoms with Gasteiger partial charge in [-0.1, -0.05) is 55.5 Å². The van der Waals surface area contributed by atoms with Gasteiger partial charge in [0, 0.05) is 12.6 Å². The van der Waals surface area contributed by atoms with Crippen LogP contribution in [-0.4, -0.2) is 30.4 Å². The maximum absolute atomic E-state index is 9.94. The van der Waals surface area contributed by atoms with E-state index in [1.54, 1.807) is 18.2 Å². The number of rotatable bonds is 10. The maximum atomic E-state index is 9.94. The Morgan fingerprint density at radius 3 is 2.52 bits per heavy atom. The Labute approximate surface area is 137 Å². The summed E-state index contributed by atoms with van der Waals surface area (Å²) in [6.07, 6.45) is 4.22. The topological polar surface area (TPSA) is 41.5 Å². The summed E-state index contributed by atoms with van der Waals surface area (Å²) >= 11 is 12.0. The summed E-state index contributed by atoms with van der Waals surface area (Å²) in [6, 6.07) is 5.58. The molecule has 3 nitrogen and oxygen atoms in total. The SMILES string of the molecule is CCCCCC(C)NCC(O)COc1c(Cl)cccc1Cl. The zero-order chi connectivity index (χ0) is 15.7. The molecule has 0 amide bonds. The smallest absolute Gasteiger partial charge is 0.156 e. The predicted octanol–water partition coefficient (Wildman–Crippen LogP) is 4.29. The lowest BCUT2D eigenvalue weighted by Crippen LogP contribution is -2.36. The fourth-order valence-corrected chi connectivity index (χ4v) is 2.51. The highest BCUT2D eigenvalue weighted by Gasteiger charge is 2.11. The minimum Gasteiger partial charge on any atom is -0.488 e. The van der Waals surface area contributed by atoms with Crippen molar-refractivity contribution < 1.29 is 9.84 Å². The molecule has 5 heteroatoms. The van der Waals surface area contributed by atoms with Crippen LogP contribution in [0.25, 0.3) is 0 Å². The molecule has 21 heavy (non-hydrogen) atoms. The lowest BCUT2D eigenvalue weighted by molar-refractivity contribution is 0.104. The van der Waals surface area contributed by atoms with Crippen LogP contribution in [0.1, 0.15) is 39.5 Å². The normalized spacial score (nSPS) is 14.0. The summed E-state index contributed by atoms with van der Waals surface area (Å²) < 4.78 is 5.51. The van der Waals surface area contributed by atoms with Gasteiger partial charge < -0.3 is 15.2 Å². The Bertz CT molecular complexity index is 395. The van der Waals surface area contributed by atoms with Gasteiger partial charge >= 0.3 is 0 Å². The number of hydrogen-bond donors (Lipinski definition) is 2. The lowest BCUT2D eigenvalue weighted by atomic mass is 10.1. The summed E-state index contributed by atoms with van der Waals surface area (Å²) in [5, 5.41) is 14.2. The maximum Gasteiger partial charge on any atom is 0.156 e. The van der Waals surface area contributed by atoms with Crippen molar-refractivity contribution in [3.05, 3.63) is 28.2 Å². The third kappa shape index (κ3) is 7.37. The summed E-state index contributed by atoms with van der Waals surface area (Å²) in [4.78, 5) is 0. The number of hydrogen-bond acceptors (Lipinski definition) is 3. The number of ether oxygens (including phenoxy) is 1. The molecule has 0 fully saturated rings. The highest BCUT2D eigenvalue weighted by molar-refractivity contribution is 6.37. The molecule has 0 saturated heterocycles. The largest absolute Gasteiger partial charge is 0.488 e. The van der Waals surface area contributed by atoms with Crippen LogP contribution in [-0.2, 0) is 0 Å². The van der Waals surface area contributed by atoms with E-state index in [2.05, 4.69) is 19.2 Å². The molecule has 1 aromatic carbocycles. The number of para-hydroxylation sites is 1. The van der Waals surface area contributed by atoms with Gasteiger partial charge in [0.1, 0.15) is 12.7 Å². The molecule has 2 N–H and O–H groups in total. The standard InChI is InChI=1S/C16H25Cl2NO2/c1-3-4-5-7-12(2)19-10-13(20)11-21-16-14(17)8-6-9-15(16)18/h6,8-9,12-13,19-20H,3-5,7,10-11H2,1-2H3. The zero-order valence-electron chi connectivity index (χ0n) is 12.7. The number of aliphatic hydroxyl groups excluding tert-OH is 1. The monoisotopic (exact) mass is 333 g/mol. The predicted molar refractivity (Wildman–Crippen MR) is 89.6 cm³/mol. The van der Waals surface area contributed by atoms with Gasteiger partial charge in [-0.3, -0.25) is 0 Å². The van der Waals surface area contributed by atoms with Crippen LogP contribution in [0.4, 0.5) is 0 Å². The molecule has 120 valence electrons. The second kappa shape index (κ2) is 10.3. The first-order valence-electron chi connectivity index (χ1n) is 7.52. The summed E-state index contributed by atoms with van der Waals surface area (Å²) in [6.45, 7) is 4.99. The van der Waals surface area contributed by atoms with Crippen molar-refractivity contribution in [2.24, 2.45) is 0 Å². The summed E-state index contributed by atoms with van der Waals surface area (Å²) in [5.74, 6) is 0.427. The van der Waals surface area contributed by atoms with Crippen molar-refractivity contribution in [2.75, 3.05) is 13.2 Å². The van der Waals surface area contributed by atoms with Gasteiger partial charge in [0.25, 0.3) is 0 Å². The fourth-order valence-electron chi connectivity index (χ4n) is 2.00. The quantitative estimate of drug-likeness (QED) is 0.627. The Balaban J connectivity index is 2.26. The fraction of sp³-hybridized carbons (Fsp3) is 0.625. The highest BCUT2D eigenvalue weighted by atomic mass is 35.5. The van der Waals surface area contributed by atoms with E-state index in [0.717, 1.165) is 6.42 Å². The van der Waals surface area contributed by atoms with E-state index < -0.39 is 6.10 Å². The molecule has 0 saturated carbocycles. The second-order valence-electron chi connectivity index (χ2n) is 5.32. The minimum absolute atomic E-state index is 0.165. The van der Waals surface area contributed by atoms with E-state index in [4.69, 9.17) is 27.9 Å². The molecule has 0 aromatic heterocycles. The Hall–Kier alpha value is -0.480. The van der Waals surface area contributed by atoms with Crippen LogP contribution in [0.2, 0.25) is 10.0 Å². The number of benzene rings is 1. The third-order valence-corrected chi connectivity index (χ3v) is 3.88. The van der Waals surface area contributed by atoms with Gasteiger partial charge in [-0.25, -0.2) is 0 Å². The first kappa shape index (κ1) is 18.6. The molecule has 1 aromatic rings. The van der Waals surface area contributed by atoms with Crippen molar-refractivity contribution in [1.82, 2.24) is 5.32 Å². The van der Waals surface area contributed by atoms with Crippen molar-refractivity contribution in [3.63, 3.8) is 0 Å². The van der Waals surface area contributed by atoms with Crippen LogP contribution in [0.5, 0.6) is 5.75 Å². The van der Waals surface area contributed by atoms with Gasteiger partial charge in [0.05, 0.1) is 10.0 Å². The lowest BCUT2D eigenvalue weighted by Gasteiger charge is -2.18. The molecule has 0 radical (unpaired) electrons. The minimum atomic E-state index is -0.592. The number of nitrogens with one attached hydrogen (secondary N) is 1. The first-order chi connectivity index (χ1) is 10.0.